The van der Waals surface area contributed by atoms with Gasteiger partial charge >= 0.3 is 0 Å². The van der Waals surface area contributed by atoms with E-state index in [4.69, 9.17) is 0 Å². The first-order valence-electron chi connectivity index (χ1n) is 7.77. The molecular weight excluding hydrogens is 344 g/mol. The van der Waals surface area contributed by atoms with Crippen LogP contribution < -0.4 is 5.32 Å². The molecule has 1 aliphatic heterocycles. The molecule has 0 bridgehead atoms. The summed E-state index contributed by atoms with van der Waals surface area (Å²) in [4.78, 5) is 26.1. The van der Waals surface area contributed by atoms with Crippen molar-refractivity contribution in [2.75, 3.05) is 19.6 Å². The molecule has 1 fully saturated rings. The van der Waals surface area contributed by atoms with Crippen LogP contribution in [0.3, 0.4) is 0 Å². The molecule has 0 saturated carbocycles. The summed E-state index contributed by atoms with van der Waals surface area (Å²) in [6.07, 6.45) is 1.55. The first kappa shape index (κ1) is 17.0. The van der Waals surface area contributed by atoms with Gasteiger partial charge in [-0.3, -0.25) is 9.59 Å². The second-order valence-corrected chi connectivity index (χ2v) is 7.17. The van der Waals surface area contributed by atoms with E-state index < -0.39 is 0 Å². The van der Waals surface area contributed by atoms with Crippen molar-refractivity contribution in [1.29, 1.82) is 0 Å². The minimum absolute atomic E-state index is 0.134. The normalized spacial score (nSPS) is 21.5. The quantitative estimate of drug-likeness (QED) is 0.889. The minimum atomic E-state index is -0.138. The lowest BCUT2D eigenvalue weighted by molar-refractivity contribution is -0.133. The molecule has 1 heterocycles. The summed E-state index contributed by atoms with van der Waals surface area (Å²) in [5.41, 5.74) is 0.607. The van der Waals surface area contributed by atoms with Gasteiger partial charge in [0.15, 0.2) is 0 Å². The van der Waals surface area contributed by atoms with E-state index in [1.807, 2.05) is 17.0 Å². The van der Waals surface area contributed by atoms with Crippen LogP contribution in [0, 0.1) is 11.8 Å². The van der Waals surface area contributed by atoms with Crippen molar-refractivity contribution in [2.24, 2.45) is 11.8 Å². The molecule has 1 aromatic carbocycles. The van der Waals surface area contributed by atoms with Crippen LogP contribution >= 0.6 is 15.9 Å². The molecule has 1 saturated heterocycles. The van der Waals surface area contributed by atoms with Gasteiger partial charge < -0.3 is 10.2 Å². The molecule has 0 aliphatic carbocycles. The zero-order valence-corrected chi connectivity index (χ0v) is 14.7. The summed E-state index contributed by atoms with van der Waals surface area (Å²) >= 11 is 3.34. The third-order valence-electron chi connectivity index (χ3n) is 3.95. The summed E-state index contributed by atoms with van der Waals surface area (Å²) in [5, 5.41) is 2.81. The SMILES string of the molecule is CC1CC(C)CN(C(=O)CCNC(=O)c2ccc(Br)cc2)C1. The van der Waals surface area contributed by atoms with E-state index in [-0.39, 0.29) is 11.8 Å². The van der Waals surface area contributed by atoms with Crippen LogP contribution in [0.25, 0.3) is 0 Å². The van der Waals surface area contributed by atoms with Crippen LogP contribution in [-0.2, 0) is 4.79 Å². The highest BCUT2D eigenvalue weighted by Gasteiger charge is 2.24. The van der Waals surface area contributed by atoms with Crippen molar-refractivity contribution in [3.8, 4) is 0 Å². The van der Waals surface area contributed by atoms with E-state index in [1.54, 1.807) is 12.1 Å². The van der Waals surface area contributed by atoms with Gasteiger partial charge in [-0.1, -0.05) is 29.8 Å². The fourth-order valence-corrected chi connectivity index (χ4v) is 3.28. The van der Waals surface area contributed by atoms with Crippen molar-refractivity contribution in [2.45, 2.75) is 26.7 Å². The number of nitrogens with one attached hydrogen (secondary N) is 1. The molecule has 0 radical (unpaired) electrons. The molecule has 0 aromatic heterocycles. The molecule has 5 heteroatoms. The highest BCUT2D eigenvalue weighted by molar-refractivity contribution is 9.10. The van der Waals surface area contributed by atoms with Gasteiger partial charge in [-0.05, 0) is 42.5 Å². The second kappa shape index (κ2) is 7.77. The summed E-state index contributed by atoms with van der Waals surface area (Å²) < 4.78 is 0.938. The first-order valence-corrected chi connectivity index (χ1v) is 8.56. The van der Waals surface area contributed by atoms with Gasteiger partial charge in [0.25, 0.3) is 5.91 Å². The number of carbonyl (C=O) groups excluding carboxylic acids is 2. The largest absolute Gasteiger partial charge is 0.352 e. The number of hydrogen-bond acceptors (Lipinski definition) is 2. The van der Waals surface area contributed by atoms with Gasteiger partial charge in [-0.2, -0.15) is 0 Å². The Morgan fingerprint density at radius 2 is 1.77 bits per heavy atom. The molecule has 1 N–H and O–H groups in total. The van der Waals surface area contributed by atoms with Crippen molar-refractivity contribution in [3.05, 3.63) is 34.3 Å². The first-order chi connectivity index (χ1) is 10.5. The van der Waals surface area contributed by atoms with E-state index in [0.29, 0.717) is 30.4 Å². The number of rotatable bonds is 4. The van der Waals surface area contributed by atoms with Gasteiger partial charge in [0.05, 0.1) is 0 Å². The monoisotopic (exact) mass is 366 g/mol. The average molecular weight is 367 g/mol. The Morgan fingerprint density at radius 3 is 2.36 bits per heavy atom. The van der Waals surface area contributed by atoms with Crippen LogP contribution in [0.5, 0.6) is 0 Å². The molecule has 2 atom stereocenters. The topological polar surface area (TPSA) is 49.4 Å². The molecule has 22 heavy (non-hydrogen) atoms. The van der Waals surface area contributed by atoms with Gasteiger partial charge in [0.2, 0.25) is 5.91 Å². The summed E-state index contributed by atoms with van der Waals surface area (Å²) in [6.45, 7) is 6.43. The maximum Gasteiger partial charge on any atom is 0.251 e. The van der Waals surface area contributed by atoms with Gasteiger partial charge in [0.1, 0.15) is 0 Å². The fourth-order valence-electron chi connectivity index (χ4n) is 3.01. The van der Waals surface area contributed by atoms with Crippen LogP contribution in [0.1, 0.15) is 37.0 Å². The highest BCUT2D eigenvalue weighted by atomic mass is 79.9. The van der Waals surface area contributed by atoms with Crippen molar-refractivity contribution >= 4 is 27.7 Å². The number of hydrogen-bond donors (Lipinski definition) is 1. The third kappa shape index (κ3) is 4.83. The van der Waals surface area contributed by atoms with Crippen LogP contribution in [0.15, 0.2) is 28.7 Å². The number of amides is 2. The lowest BCUT2D eigenvalue weighted by Gasteiger charge is -2.35. The molecule has 1 aromatic rings. The Kier molecular flexibility index (Phi) is 6.00. The Bertz CT molecular complexity index is 520. The minimum Gasteiger partial charge on any atom is -0.352 e. The lowest BCUT2D eigenvalue weighted by atomic mass is 9.92. The smallest absolute Gasteiger partial charge is 0.251 e. The van der Waals surface area contributed by atoms with Crippen LogP contribution in [0.2, 0.25) is 0 Å². The second-order valence-electron chi connectivity index (χ2n) is 6.26. The standard InChI is InChI=1S/C17H23BrN2O2/c1-12-9-13(2)11-20(10-12)16(21)7-8-19-17(22)14-3-5-15(18)6-4-14/h3-6,12-13H,7-11H2,1-2H3,(H,19,22). The van der Waals surface area contributed by atoms with E-state index in [0.717, 1.165) is 17.6 Å². The maximum atomic E-state index is 12.2. The van der Waals surface area contributed by atoms with Gasteiger partial charge in [-0.25, -0.2) is 0 Å². The van der Waals surface area contributed by atoms with Crippen LogP contribution in [-0.4, -0.2) is 36.3 Å². The number of likely N-dealkylation sites (tertiary alicyclic amines) is 1. The molecule has 2 rings (SSSR count). The third-order valence-corrected chi connectivity index (χ3v) is 4.48. The maximum absolute atomic E-state index is 12.2. The van der Waals surface area contributed by atoms with Crippen molar-refractivity contribution in [1.82, 2.24) is 10.2 Å². The van der Waals surface area contributed by atoms with E-state index >= 15 is 0 Å². The predicted molar refractivity (Wildman–Crippen MR) is 90.6 cm³/mol. The zero-order chi connectivity index (χ0) is 16.1. The molecule has 1 aliphatic rings. The summed E-state index contributed by atoms with van der Waals surface area (Å²) in [6, 6.07) is 7.18. The highest BCUT2D eigenvalue weighted by Crippen LogP contribution is 2.21. The molecule has 0 spiro atoms. The predicted octanol–water partition coefficient (Wildman–Crippen LogP) is 3.07. The lowest BCUT2D eigenvalue weighted by Crippen LogP contribution is -2.43. The average Bonchev–Trinajstić information content (AvgIpc) is 2.46. The Morgan fingerprint density at radius 1 is 1.18 bits per heavy atom. The molecule has 2 unspecified atom stereocenters. The number of piperidine rings is 1. The number of benzene rings is 1. The Hall–Kier alpha value is -1.36. The van der Waals surface area contributed by atoms with Gasteiger partial charge in [-0.15, -0.1) is 0 Å². The van der Waals surface area contributed by atoms with Gasteiger partial charge in [0, 0.05) is 36.1 Å². The van der Waals surface area contributed by atoms with E-state index in [1.165, 1.54) is 6.42 Å². The van der Waals surface area contributed by atoms with Crippen LogP contribution in [0.4, 0.5) is 0 Å². The zero-order valence-electron chi connectivity index (χ0n) is 13.1. The Balaban J connectivity index is 1.77. The molecule has 120 valence electrons. The fraction of sp³-hybridized carbons (Fsp3) is 0.529. The Labute approximate surface area is 140 Å². The number of halogens is 1. The summed E-state index contributed by atoms with van der Waals surface area (Å²) in [5.74, 6) is 1.12. The number of carbonyl (C=O) groups is 2. The summed E-state index contributed by atoms with van der Waals surface area (Å²) in [7, 11) is 0. The van der Waals surface area contributed by atoms with Crippen molar-refractivity contribution in [3.63, 3.8) is 0 Å². The molecule has 4 nitrogen and oxygen atoms in total. The van der Waals surface area contributed by atoms with Crippen molar-refractivity contribution < 1.29 is 9.59 Å². The number of nitrogens with zero attached hydrogens (tertiary/aromatic N) is 1. The molecular formula is C17H23BrN2O2. The van der Waals surface area contributed by atoms with E-state index in [2.05, 4.69) is 35.1 Å². The van der Waals surface area contributed by atoms with E-state index in [9.17, 15) is 9.59 Å². The molecule has 2 amide bonds.